The van der Waals surface area contributed by atoms with Crippen molar-refractivity contribution in [1.82, 2.24) is 0 Å². The number of aliphatic carboxylic acids is 1. The van der Waals surface area contributed by atoms with E-state index in [-0.39, 0.29) is 126 Å². The van der Waals surface area contributed by atoms with E-state index < -0.39 is 5.97 Å². The Balaban J connectivity index is -0.00000000750. The Morgan fingerprint density at radius 1 is 1.25 bits per heavy atom. The summed E-state index contributed by atoms with van der Waals surface area (Å²) < 4.78 is 0. The van der Waals surface area contributed by atoms with Gasteiger partial charge in [-0.25, -0.2) is 0 Å². The number of carboxylic acids is 1. The SMILES string of the molecule is CC(=O)[O-].[Ca+2].[Ca+2].[Ca+2].[Cl-]. The maximum atomic E-state index is 8.89. The van der Waals surface area contributed by atoms with Gasteiger partial charge in [-0.05, 0) is 6.92 Å². The molecule has 0 fully saturated rings. The van der Waals surface area contributed by atoms with Crippen LogP contribution in [0.5, 0.6) is 0 Å². The van der Waals surface area contributed by atoms with Gasteiger partial charge in [0.2, 0.25) is 0 Å². The molecule has 0 aliphatic heterocycles. The van der Waals surface area contributed by atoms with Gasteiger partial charge in [0.05, 0.1) is 0 Å². The molecular formula is C2H3Ca3ClO2+4. The zero-order chi connectivity index (χ0) is 3.58. The van der Waals surface area contributed by atoms with Crippen molar-refractivity contribution in [2.24, 2.45) is 0 Å². The molecule has 0 radical (unpaired) electrons. The van der Waals surface area contributed by atoms with Crippen LogP contribution in [0.1, 0.15) is 6.92 Å². The quantitative estimate of drug-likeness (QED) is 0.378. The van der Waals surface area contributed by atoms with E-state index in [9.17, 15) is 0 Å². The van der Waals surface area contributed by atoms with Gasteiger partial charge in [-0.2, -0.15) is 0 Å². The topological polar surface area (TPSA) is 40.1 Å². The summed E-state index contributed by atoms with van der Waals surface area (Å²) >= 11 is 0. The summed E-state index contributed by atoms with van der Waals surface area (Å²) in [5.74, 6) is -1.08. The number of carbonyl (C=O) groups is 1. The summed E-state index contributed by atoms with van der Waals surface area (Å²) in [4.78, 5) is 8.89. The van der Waals surface area contributed by atoms with Gasteiger partial charge in [0.15, 0.2) is 0 Å². The molecule has 0 aromatic rings. The maximum absolute atomic E-state index is 8.89. The molecule has 0 N–H and O–H groups in total. The van der Waals surface area contributed by atoms with Crippen LogP contribution in [0, 0.1) is 0 Å². The molecular weight excluding hydrogens is 212 g/mol. The van der Waals surface area contributed by atoms with E-state index in [1.165, 1.54) is 0 Å². The molecule has 0 aromatic heterocycles. The van der Waals surface area contributed by atoms with Crippen LogP contribution in [0.15, 0.2) is 0 Å². The van der Waals surface area contributed by atoms with E-state index >= 15 is 0 Å². The molecule has 0 amide bonds. The maximum Gasteiger partial charge on any atom is 2.00 e. The van der Waals surface area contributed by atoms with Crippen molar-refractivity contribution < 1.29 is 22.3 Å². The zero-order valence-corrected chi connectivity index (χ0v) is 12.2. The molecule has 0 saturated heterocycles. The molecule has 8 heavy (non-hydrogen) atoms. The molecule has 0 heterocycles. The summed E-state index contributed by atoms with van der Waals surface area (Å²) in [6, 6.07) is 0. The van der Waals surface area contributed by atoms with Crippen molar-refractivity contribution in [3.05, 3.63) is 0 Å². The van der Waals surface area contributed by atoms with Gasteiger partial charge >= 0.3 is 113 Å². The number of carbonyl (C=O) groups excluding carboxylic acids is 1. The summed E-state index contributed by atoms with van der Waals surface area (Å²) in [6.07, 6.45) is 0. The second kappa shape index (κ2) is 22.4. The first-order valence-corrected chi connectivity index (χ1v) is 0.908. The minimum Gasteiger partial charge on any atom is -1.00 e. The molecule has 0 atom stereocenters. The third kappa shape index (κ3) is 55.5. The molecule has 0 rings (SSSR count). The van der Waals surface area contributed by atoms with Crippen molar-refractivity contribution >= 4 is 119 Å². The molecule has 0 aliphatic rings. The van der Waals surface area contributed by atoms with Gasteiger partial charge in [0.25, 0.3) is 0 Å². The second-order valence-corrected chi connectivity index (χ2v) is 0.492. The summed E-state index contributed by atoms with van der Waals surface area (Å²) in [5, 5.41) is 8.89. The van der Waals surface area contributed by atoms with Gasteiger partial charge in [-0.3, -0.25) is 0 Å². The van der Waals surface area contributed by atoms with E-state index in [1.807, 2.05) is 0 Å². The van der Waals surface area contributed by atoms with Crippen molar-refractivity contribution in [1.29, 1.82) is 0 Å². The molecule has 6 heteroatoms. The fourth-order valence-electron chi connectivity index (χ4n) is 0. The standard InChI is InChI=1S/C2H4O2.3Ca.ClH/c1-2(3)4;;;;/h1H3,(H,3,4);;;;1H/q;3*+2;/p-2. The van der Waals surface area contributed by atoms with E-state index in [1.54, 1.807) is 0 Å². The molecule has 0 aromatic carbocycles. The molecule has 2 nitrogen and oxygen atoms in total. The van der Waals surface area contributed by atoms with Gasteiger partial charge < -0.3 is 22.3 Å². The van der Waals surface area contributed by atoms with Crippen molar-refractivity contribution in [2.75, 3.05) is 0 Å². The molecule has 0 saturated carbocycles. The number of halogens is 1. The Hall–Kier alpha value is 3.54. The van der Waals surface area contributed by atoms with Crippen LogP contribution >= 0.6 is 0 Å². The van der Waals surface area contributed by atoms with E-state index in [0.29, 0.717) is 0 Å². The Morgan fingerprint density at radius 2 is 1.25 bits per heavy atom. The predicted molar refractivity (Wildman–Crippen MR) is 27.9 cm³/mol. The normalized spacial score (nSPS) is 3.12. The van der Waals surface area contributed by atoms with Crippen molar-refractivity contribution in [2.45, 2.75) is 6.92 Å². The molecule has 32 valence electrons. The predicted octanol–water partition coefficient (Wildman–Crippen LogP) is -5.38. The van der Waals surface area contributed by atoms with E-state index in [4.69, 9.17) is 9.90 Å². The Labute approximate surface area is 145 Å². The smallest absolute Gasteiger partial charge is 1.00 e. The average Bonchev–Trinajstić information content (AvgIpc) is 0.811. The average molecular weight is 215 g/mol. The summed E-state index contributed by atoms with van der Waals surface area (Å²) in [5.41, 5.74) is 0. The zero-order valence-electron chi connectivity index (χ0n) is 4.82. The number of rotatable bonds is 0. The first kappa shape index (κ1) is 30.0. The summed E-state index contributed by atoms with van der Waals surface area (Å²) in [6.45, 7) is 0.972. The van der Waals surface area contributed by atoms with Gasteiger partial charge in [0, 0.05) is 5.97 Å². The molecule has 0 bridgehead atoms. The fourth-order valence-corrected chi connectivity index (χ4v) is 0. The van der Waals surface area contributed by atoms with Crippen LogP contribution in [0.2, 0.25) is 0 Å². The van der Waals surface area contributed by atoms with Crippen LogP contribution in [-0.4, -0.2) is 119 Å². The van der Waals surface area contributed by atoms with E-state index in [2.05, 4.69) is 0 Å². The largest absolute Gasteiger partial charge is 2.00 e. The Bertz CT molecular complexity index is 38.3. The minimum atomic E-state index is -1.08. The van der Waals surface area contributed by atoms with Crippen LogP contribution < -0.4 is 17.5 Å². The van der Waals surface area contributed by atoms with Crippen LogP contribution in [-0.2, 0) is 4.79 Å². The first-order valence-electron chi connectivity index (χ1n) is 0.908. The third-order valence-corrected chi connectivity index (χ3v) is 0. The molecule has 0 unspecified atom stereocenters. The first-order chi connectivity index (χ1) is 1.73. The number of hydrogen-bond acceptors (Lipinski definition) is 2. The molecule has 0 aliphatic carbocycles. The minimum absolute atomic E-state index is 0. The monoisotopic (exact) mass is 214 g/mol. The Kier molecular flexibility index (Phi) is 84.0. The molecule has 0 spiro atoms. The summed E-state index contributed by atoms with van der Waals surface area (Å²) in [7, 11) is 0. The Morgan fingerprint density at radius 3 is 1.25 bits per heavy atom. The van der Waals surface area contributed by atoms with Crippen LogP contribution in [0.3, 0.4) is 0 Å². The fraction of sp³-hybridized carbons (Fsp3) is 0.500. The van der Waals surface area contributed by atoms with Gasteiger partial charge in [0.1, 0.15) is 0 Å². The van der Waals surface area contributed by atoms with Crippen LogP contribution in [0.4, 0.5) is 0 Å². The van der Waals surface area contributed by atoms with Gasteiger partial charge in [-0.1, -0.05) is 0 Å². The third-order valence-electron chi connectivity index (χ3n) is 0. The van der Waals surface area contributed by atoms with Crippen LogP contribution in [0.25, 0.3) is 0 Å². The van der Waals surface area contributed by atoms with E-state index in [0.717, 1.165) is 6.92 Å². The second-order valence-electron chi connectivity index (χ2n) is 0.492. The van der Waals surface area contributed by atoms with Crippen molar-refractivity contribution in [3.63, 3.8) is 0 Å². The number of carboxylic acid groups (broad SMARTS) is 1. The van der Waals surface area contributed by atoms with Gasteiger partial charge in [-0.15, -0.1) is 0 Å². The van der Waals surface area contributed by atoms with Crippen molar-refractivity contribution in [3.8, 4) is 0 Å². The number of hydrogen-bond donors (Lipinski definition) is 0.